The van der Waals surface area contributed by atoms with Crippen molar-refractivity contribution in [2.24, 2.45) is 5.92 Å². The van der Waals surface area contributed by atoms with Gasteiger partial charge in [0.2, 0.25) is 0 Å². The van der Waals surface area contributed by atoms with Gasteiger partial charge in [-0.1, -0.05) is 19.4 Å². The highest BCUT2D eigenvalue weighted by molar-refractivity contribution is 5.19. The summed E-state index contributed by atoms with van der Waals surface area (Å²) >= 11 is 0. The van der Waals surface area contributed by atoms with Crippen LogP contribution in [0.3, 0.4) is 0 Å². The first-order chi connectivity index (χ1) is 5.11. The second-order valence-electron chi connectivity index (χ2n) is 3.95. The molecule has 0 N–H and O–H groups in total. The molecule has 0 aromatic carbocycles. The van der Waals surface area contributed by atoms with E-state index in [9.17, 15) is 0 Å². The van der Waals surface area contributed by atoms with E-state index in [2.05, 4.69) is 27.7 Å². The molecule has 1 aliphatic heterocycles. The Balaban J connectivity index is 2.53. The molecular formula is C10H18O. The van der Waals surface area contributed by atoms with Crippen LogP contribution < -0.4 is 0 Å². The van der Waals surface area contributed by atoms with Gasteiger partial charge in [0.1, 0.15) is 6.10 Å². The van der Waals surface area contributed by atoms with Crippen LogP contribution in [0.5, 0.6) is 0 Å². The van der Waals surface area contributed by atoms with Gasteiger partial charge in [-0.05, 0) is 31.8 Å². The molecule has 0 bridgehead atoms. The topological polar surface area (TPSA) is 12.5 Å². The monoisotopic (exact) mass is 154 g/mol. The number of hydrogen-bond donors (Lipinski definition) is 0. The summed E-state index contributed by atoms with van der Waals surface area (Å²) in [6.45, 7) is 9.82. The molecule has 1 aliphatic rings. The van der Waals surface area contributed by atoms with Crippen LogP contribution in [0.25, 0.3) is 0 Å². The number of allylic oxidation sites excluding steroid dienone is 1. The van der Waals surface area contributed by atoms with Crippen LogP contribution in [0.4, 0.5) is 0 Å². The molecule has 0 spiro atoms. The zero-order valence-corrected chi connectivity index (χ0v) is 7.98. The van der Waals surface area contributed by atoms with Crippen molar-refractivity contribution >= 4 is 0 Å². The van der Waals surface area contributed by atoms with E-state index in [-0.39, 0.29) is 0 Å². The van der Waals surface area contributed by atoms with Crippen LogP contribution in [-0.2, 0) is 4.74 Å². The third kappa shape index (κ3) is 2.66. The van der Waals surface area contributed by atoms with E-state index in [0.717, 1.165) is 12.5 Å². The summed E-state index contributed by atoms with van der Waals surface area (Å²) in [7, 11) is 0. The van der Waals surface area contributed by atoms with Crippen molar-refractivity contribution in [2.75, 3.05) is 6.61 Å². The first-order valence-corrected chi connectivity index (χ1v) is 4.39. The maximum atomic E-state index is 5.27. The molecule has 0 amide bonds. The maximum absolute atomic E-state index is 5.27. The van der Waals surface area contributed by atoms with E-state index >= 15 is 0 Å². The molecular weight excluding hydrogens is 136 g/mol. The maximum Gasteiger partial charge on any atom is 0.102 e. The lowest BCUT2D eigenvalue weighted by Gasteiger charge is -2.09. The molecule has 0 aliphatic carbocycles. The quantitative estimate of drug-likeness (QED) is 0.450. The van der Waals surface area contributed by atoms with Crippen molar-refractivity contribution in [3.63, 3.8) is 0 Å². The van der Waals surface area contributed by atoms with Gasteiger partial charge in [-0.25, -0.2) is 0 Å². The van der Waals surface area contributed by atoms with Crippen molar-refractivity contribution < 1.29 is 4.74 Å². The normalized spacial score (nSPS) is 22.1. The fourth-order valence-corrected chi connectivity index (χ4v) is 1.35. The molecule has 1 atom stereocenters. The Hall–Kier alpha value is -0.300. The molecule has 1 unspecified atom stereocenters. The van der Waals surface area contributed by atoms with E-state index in [1.807, 2.05) is 0 Å². The average molecular weight is 154 g/mol. The summed E-state index contributed by atoms with van der Waals surface area (Å²) in [5.74, 6) is 0.754. The van der Waals surface area contributed by atoms with Gasteiger partial charge >= 0.3 is 0 Å². The number of ether oxygens (including phenoxy) is 1. The summed E-state index contributed by atoms with van der Waals surface area (Å²) in [6.07, 6.45) is 1.68. The Morgan fingerprint density at radius 3 is 2.27 bits per heavy atom. The van der Waals surface area contributed by atoms with Gasteiger partial charge in [-0.15, -0.1) is 0 Å². The highest BCUT2D eigenvalue weighted by Crippen LogP contribution is 2.27. The van der Waals surface area contributed by atoms with Gasteiger partial charge in [-0.2, -0.15) is 0 Å². The van der Waals surface area contributed by atoms with E-state index < -0.39 is 0 Å². The molecule has 1 fully saturated rings. The Morgan fingerprint density at radius 2 is 2.00 bits per heavy atom. The predicted octanol–water partition coefficient (Wildman–Crippen LogP) is 2.77. The van der Waals surface area contributed by atoms with Crippen molar-refractivity contribution in [1.82, 2.24) is 0 Å². The largest absolute Gasteiger partial charge is 0.368 e. The van der Waals surface area contributed by atoms with Crippen LogP contribution in [0.1, 0.15) is 34.1 Å². The molecule has 0 saturated carbocycles. The SMILES string of the molecule is CC(C)=C(CC(C)C)C1CO1. The molecule has 0 aromatic rings. The molecule has 1 heteroatoms. The van der Waals surface area contributed by atoms with Gasteiger partial charge in [0.25, 0.3) is 0 Å². The van der Waals surface area contributed by atoms with Crippen LogP contribution in [0.15, 0.2) is 11.1 Å². The average Bonchev–Trinajstić information content (AvgIpc) is 2.63. The molecule has 0 aromatic heterocycles. The van der Waals surface area contributed by atoms with Crippen molar-refractivity contribution in [3.05, 3.63) is 11.1 Å². The zero-order chi connectivity index (χ0) is 8.43. The molecule has 1 saturated heterocycles. The van der Waals surface area contributed by atoms with Gasteiger partial charge in [0, 0.05) is 0 Å². The number of rotatable bonds is 3. The minimum Gasteiger partial charge on any atom is -0.368 e. The van der Waals surface area contributed by atoms with Gasteiger partial charge in [0.05, 0.1) is 6.61 Å². The Kier molecular flexibility index (Phi) is 2.72. The van der Waals surface area contributed by atoms with Gasteiger partial charge in [0.15, 0.2) is 0 Å². The number of hydrogen-bond acceptors (Lipinski definition) is 1. The fourth-order valence-electron chi connectivity index (χ4n) is 1.35. The van der Waals surface area contributed by atoms with Crippen molar-refractivity contribution in [3.8, 4) is 0 Å². The summed E-state index contributed by atoms with van der Waals surface area (Å²) in [4.78, 5) is 0. The first-order valence-electron chi connectivity index (χ1n) is 4.39. The standard InChI is InChI=1S/C10H18O/c1-7(2)5-9(8(3)4)10-6-11-10/h7,10H,5-6H2,1-4H3. The molecule has 1 nitrogen and oxygen atoms in total. The van der Waals surface area contributed by atoms with Crippen LogP contribution >= 0.6 is 0 Å². The minimum atomic E-state index is 0.474. The van der Waals surface area contributed by atoms with Crippen molar-refractivity contribution in [2.45, 2.75) is 40.2 Å². The molecule has 0 radical (unpaired) electrons. The summed E-state index contributed by atoms with van der Waals surface area (Å²) < 4.78 is 5.27. The highest BCUT2D eigenvalue weighted by atomic mass is 16.6. The van der Waals surface area contributed by atoms with Crippen LogP contribution in [0, 0.1) is 5.92 Å². The molecule has 1 rings (SSSR count). The lowest BCUT2D eigenvalue weighted by molar-refractivity contribution is 0.420. The zero-order valence-electron chi connectivity index (χ0n) is 7.98. The lowest BCUT2D eigenvalue weighted by atomic mass is 9.97. The Labute approximate surface area is 69.4 Å². The van der Waals surface area contributed by atoms with Gasteiger partial charge in [-0.3, -0.25) is 0 Å². The first kappa shape index (κ1) is 8.79. The van der Waals surface area contributed by atoms with Crippen LogP contribution in [-0.4, -0.2) is 12.7 Å². The predicted molar refractivity (Wildman–Crippen MR) is 47.6 cm³/mol. The smallest absolute Gasteiger partial charge is 0.102 e. The van der Waals surface area contributed by atoms with Crippen molar-refractivity contribution in [1.29, 1.82) is 0 Å². The lowest BCUT2D eigenvalue weighted by Crippen LogP contribution is -2.00. The third-order valence-electron chi connectivity index (χ3n) is 1.99. The third-order valence-corrected chi connectivity index (χ3v) is 1.99. The molecule has 11 heavy (non-hydrogen) atoms. The summed E-state index contributed by atoms with van der Waals surface area (Å²) in [5, 5.41) is 0. The second-order valence-corrected chi connectivity index (χ2v) is 3.95. The minimum absolute atomic E-state index is 0.474. The van der Waals surface area contributed by atoms with Crippen LogP contribution in [0.2, 0.25) is 0 Å². The summed E-state index contributed by atoms with van der Waals surface area (Å²) in [5.41, 5.74) is 2.97. The number of epoxide rings is 1. The Bertz CT molecular complexity index is 160. The van der Waals surface area contributed by atoms with Gasteiger partial charge < -0.3 is 4.74 Å². The van der Waals surface area contributed by atoms with E-state index in [1.54, 1.807) is 0 Å². The Morgan fingerprint density at radius 1 is 1.45 bits per heavy atom. The highest BCUT2D eigenvalue weighted by Gasteiger charge is 2.27. The summed E-state index contributed by atoms with van der Waals surface area (Å²) in [6, 6.07) is 0. The second kappa shape index (κ2) is 3.40. The molecule has 1 heterocycles. The fraction of sp³-hybridized carbons (Fsp3) is 0.800. The van der Waals surface area contributed by atoms with E-state index in [0.29, 0.717) is 6.10 Å². The molecule has 64 valence electrons. The van der Waals surface area contributed by atoms with E-state index in [4.69, 9.17) is 4.74 Å². The van der Waals surface area contributed by atoms with E-state index in [1.165, 1.54) is 17.6 Å².